The zero-order valence-corrected chi connectivity index (χ0v) is 6.15. The summed E-state index contributed by atoms with van der Waals surface area (Å²) in [5.41, 5.74) is 0.521. The fourth-order valence-corrected chi connectivity index (χ4v) is 0.784. The van der Waals surface area contributed by atoms with E-state index in [9.17, 15) is 0 Å². The Morgan fingerprint density at radius 3 is 2.73 bits per heavy atom. The van der Waals surface area contributed by atoms with Crippen LogP contribution >= 0.6 is 0 Å². The molecule has 0 heterocycles. The molecule has 0 unspecified atom stereocenters. The van der Waals surface area contributed by atoms with Crippen LogP contribution in [0.4, 0.5) is 0 Å². The first kappa shape index (κ1) is 7.60. The quantitative estimate of drug-likeness (QED) is 0.467. The maximum absolute atomic E-state index is 9.16. The monoisotopic (exact) mass is 151 g/mol. The van der Waals surface area contributed by atoms with E-state index in [0.717, 1.165) is 0 Å². The highest BCUT2D eigenvalue weighted by molar-refractivity contribution is 5.83. The molecule has 0 aliphatic rings. The van der Waals surface area contributed by atoms with Crippen molar-refractivity contribution >= 4 is 6.21 Å². The van der Waals surface area contributed by atoms with Crippen LogP contribution in [-0.2, 0) is 0 Å². The molecule has 58 valence electrons. The van der Waals surface area contributed by atoms with E-state index in [0.29, 0.717) is 5.56 Å². The summed E-state index contributed by atoms with van der Waals surface area (Å²) in [6.45, 7) is 0. The number of phenols is 2. The van der Waals surface area contributed by atoms with E-state index in [2.05, 4.69) is 4.99 Å². The van der Waals surface area contributed by atoms with Gasteiger partial charge in [-0.05, 0) is 18.2 Å². The molecule has 1 aromatic rings. The van der Waals surface area contributed by atoms with Gasteiger partial charge in [0.15, 0.2) is 0 Å². The molecule has 0 bridgehead atoms. The number of aliphatic imine (C=N–C) groups is 1. The van der Waals surface area contributed by atoms with Crippen LogP contribution < -0.4 is 0 Å². The highest BCUT2D eigenvalue weighted by Crippen LogP contribution is 2.19. The van der Waals surface area contributed by atoms with E-state index >= 15 is 0 Å². The van der Waals surface area contributed by atoms with Crippen molar-refractivity contribution < 1.29 is 10.2 Å². The van der Waals surface area contributed by atoms with Gasteiger partial charge >= 0.3 is 0 Å². The molecule has 11 heavy (non-hydrogen) atoms. The zero-order valence-electron chi connectivity index (χ0n) is 6.15. The molecule has 3 heteroatoms. The SMILES string of the molecule is CN=Cc1cc(O)ccc1O. The van der Waals surface area contributed by atoms with Crippen LogP contribution in [0.15, 0.2) is 23.2 Å². The Kier molecular flexibility index (Phi) is 2.11. The molecule has 0 saturated heterocycles. The Hall–Kier alpha value is -1.51. The Labute approximate surface area is 64.6 Å². The number of nitrogens with zero attached hydrogens (tertiary/aromatic N) is 1. The smallest absolute Gasteiger partial charge is 0.124 e. The Balaban J connectivity index is 3.12. The van der Waals surface area contributed by atoms with Gasteiger partial charge in [-0.1, -0.05) is 0 Å². The van der Waals surface area contributed by atoms with Crippen LogP contribution in [0.5, 0.6) is 11.5 Å². The molecule has 3 nitrogen and oxygen atoms in total. The Morgan fingerprint density at radius 1 is 1.36 bits per heavy atom. The second-order valence-electron chi connectivity index (χ2n) is 2.13. The molecular weight excluding hydrogens is 142 g/mol. The summed E-state index contributed by atoms with van der Waals surface area (Å²) in [4.78, 5) is 3.71. The van der Waals surface area contributed by atoms with Crippen molar-refractivity contribution in [2.45, 2.75) is 0 Å². The van der Waals surface area contributed by atoms with Gasteiger partial charge in [-0.15, -0.1) is 0 Å². The van der Waals surface area contributed by atoms with Crippen LogP contribution in [-0.4, -0.2) is 23.5 Å². The van der Waals surface area contributed by atoms with Crippen LogP contribution in [0, 0.1) is 0 Å². The third-order valence-corrected chi connectivity index (χ3v) is 1.28. The second kappa shape index (κ2) is 3.05. The lowest BCUT2D eigenvalue weighted by Gasteiger charge is -1.97. The molecule has 1 aromatic carbocycles. The molecule has 0 aliphatic heterocycles. The van der Waals surface area contributed by atoms with Crippen molar-refractivity contribution in [2.24, 2.45) is 4.99 Å². The van der Waals surface area contributed by atoms with Crippen molar-refractivity contribution in [3.63, 3.8) is 0 Å². The van der Waals surface area contributed by atoms with Crippen LogP contribution in [0.1, 0.15) is 5.56 Å². The summed E-state index contributed by atoms with van der Waals surface area (Å²) in [5.74, 6) is 0.242. The summed E-state index contributed by atoms with van der Waals surface area (Å²) in [6.07, 6.45) is 1.48. The van der Waals surface area contributed by atoms with Gasteiger partial charge in [0.1, 0.15) is 11.5 Å². The largest absolute Gasteiger partial charge is 0.508 e. The van der Waals surface area contributed by atoms with Crippen LogP contribution in [0.3, 0.4) is 0 Å². The van der Waals surface area contributed by atoms with Crippen molar-refractivity contribution in [1.29, 1.82) is 0 Å². The molecule has 0 amide bonds. The Morgan fingerprint density at radius 2 is 2.09 bits per heavy atom. The number of hydrogen-bond acceptors (Lipinski definition) is 3. The minimum atomic E-state index is 0.119. The van der Waals surface area contributed by atoms with E-state index in [1.807, 2.05) is 0 Å². The van der Waals surface area contributed by atoms with Gasteiger partial charge < -0.3 is 10.2 Å². The van der Waals surface area contributed by atoms with Crippen molar-refractivity contribution in [2.75, 3.05) is 7.05 Å². The zero-order chi connectivity index (χ0) is 8.27. The topological polar surface area (TPSA) is 52.8 Å². The standard InChI is InChI=1S/C8H9NO2/c1-9-5-6-4-7(10)2-3-8(6)11/h2-5,10-11H,1H3. The Bertz CT molecular complexity index is 281. The number of benzene rings is 1. The highest BCUT2D eigenvalue weighted by atomic mass is 16.3. The first-order valence-electron chi connectivity index (χ1n) is 3.18. The minimum Gasteiger partial charge on any atom is -0.508 e. The minimum absolute atomic E-state index is 0.119. The van der Waals surface area contributed by atoms with Gasteiger partial charge in [0.05, 0.1) is 0 Å². The second-order valence-corrected chi connectivity index (χ2v) is 2.13. The maximum atomic E-state index is 9.16. The number of rotatable bonds is 1. The molecule has 0 fully saturated rings. The molecule has 0 aliphatic carbocycles. The van der Waals surface area contributed by atoms with E-state index in [1.165, 1.54) is 24.4 Å². The summed E-state index contributed by atoms with van der Waals surface area (Å²) in [6, 6.07) is 4.29. The lowest BCUT2D eigenvalue weighted by atomic mass is 10.2. The molecule has 0 radical (unpaired) electrons. The summed E-state index contributed by atoms with van der Waals surface area (Å²) in [7, 11) is 1.60. The summed E-state index contributed by atoms with van der Waals surface area (Å²) < 4.78 is 0. The van der Waals surface area contributed by atoms with Crippen molar-refractivity contribution in [3.8, 4) is 11.5 Å². The fraction of sp³-hybridized carbons (Fsp3) is 0.125. The predicted octanol–water partition coefficient (Wildman–Crippen LogP) is 1.15. The van der Waals surface area contributed by atoms with E-state index in [-0.39, 0.29) is 11.5 Å². The predicted molar refractivity (Wildman–Crippen MR) is 43.3 cm³/mol. The van der Waals surface area contributed by atoms with Crippen LogP contribution in [0.2, 0.25) is 0 Å². The first-order chi connectivity index (χ1) is 5.24. The number of phenolic OH excluding ortho intramolecular Hbond substituents is 2. The molecule has 0 atom stereocenters. The average molecular weight is 151 g/mol. The molecule has 2 N–H and O–H groups in total. The van der Waals surface area contributed by atoms with Crippen molar-refractivity contribution in [3.05, 3.63) is 23.8 Å². The van der Waals surface area contributed by atoms with Gasteiger partial charge in [0.25, 0.3) is 0 Å². The van der Waals surface area contributed by atoms with E-state index in [4.69, 9.17) is 10.2 Å². The highest BCUT2D eigenvalue weighted by Gasteiger charge is 1.97. The molecular formula is C8H9NO2. The van der Waals surface area contributed by atoms with Gasteiger partial charge in [0.2, 0.25) is 0 Å². The number of hydrogen-bond donors (Lipinski definition) is 2. The normalized spacial score (nSPS) is 10.6. The van der Waals surface area contributed by atoms with Gasteiger partial charge in [0, 0.05) is 18.8 Å². The maximum Gasteiger partial charge on any atom is 0.124 e. The number of aromatic hydroxyl groups is 2. The summed E-state index contributed by atoms with van der Waals surface area (Å²) in [5, 5.41) is 18.2. The summed E-state index contributed by atoms with van der Waals surface area (Å²) >= 11 is 0. The van der Waals surface area contributed by atoms with Gasteiger partial charge in [-0.3, -0.25) is 4.99 Å². The lowest BCUT2D eigenvalue weighted by molar-refractivity contribution is 0.459. The van der Waals surface area contributed by atoms with E-state index in [1.54, 1.807) is 7.05 Å². The first-order valence-corrected chi connectivity index (χ1v) is 3.18. The third kappa shape index (κ3) is 1.70. The average Bonchev–Trinajstić information content (AvgIpc) is 1.98. The fourth-order valence-electron chi connectivity index (χ4n) is 0.784. The van der Waals surface area contributed by atoms with Crippen molar-refractivity contribution in [1.82, 2.24) is 0 Å². The molecule has 1 rings (SSSR count). The van der Waals surface area contributed by atoms with Gasteiger partial charge in [-0.2, -0.15) is 0 Å². The van der Waals surface area contributed by atoms with Crippen LogP contribution in [0.25, 0.3) is 0 Å². The van der Waals surface area contributed by atoms with E-state index < -0.39 is 0 Å². The lowest BCUT2D eigenvalue weighted by Crippen LogP contribution is -1.80. The molecule has 0 saturated carbocycles. The van der Waals surface area contributed by atoms with Gasteiger partial charge in [-0.25, -0.2) is 0 Å². The third-order valence-electron chi connectivity index (χ3n) is 1.28. The molecule has 0 spiro atoms. The molecule has 0 aromatic heterocycles.